The number of hydrogen-bond acceptors (Lipinski definition) is 5. The molecule has 4 nitrogen and oxygen atoms in total. The molecular formula is C16H25NO3S. The molecular weight excluding hydrogens is 286 g/mol. The van der Waals surface area contributed by atoms with E-state index in [-0.39, 0.29) is 12.6 Å². The number of hydrogen-bond donors (Lipinski definition) is 2. The Labute approximate surface area is 131 Å². The SMILES string of the molecule is CCNC(CCSCCCO)(C(=O)OC)c1ccccc1. The first-order chi connectivity index (χ1) is 10.2. The van der Waals surface area contributed by atoms with E-state index in [2.05, 4.69) is 5.32 Å². The first-order valence-electron chi connectivity index (χ1n) is 7.28. The zero-order valence-electron chi connectivity index (χ0n) is 12.8. The Morgan fingerprint density at radius 1 is 1.33 bits per heavy atom. The quantitative estimate of drug-likeness (QED) is 0.512. The number of nitrogens with one attached hydrogen (secondary N) is 1. The molecule has 0 aliphatic rings. The fraction of sp³-hybridized carbons (Fsp3) is 0.562. The second-order valence-electron chi connectivity index (χ2n) is 4.73. The lowest BCUT2D eigenvalue weighted by Crippen LogP contribution is -2.50. The molecule has 1 aromatic carbocycles. The number of ether oxygens (including phenoxy) is 1. The molecule has 0 radical (unpaired) electrons. The molecule has 0 saturated heterocycles. The van der Waals surface area contributed by atoms with E-state index in [1.54, 1.807) is 11.8 Å². The monoisotopic (exact) mass is 311 g/mol. The molecule has 118 valence electrons. The van der Waals surface area contributed by atoms with Crippen LogP contribution in [0.2, 0.25) is 0 Å². The van der Waals surface area contributed by atoms with Gasteiger partial charge in [-0.05, 0) is 36.5 Å². The van der Waals surface area contributed by atoms with Gasteiger partial charge in [0.2, 0.25) is 0 Å². The third-order valence-electron chi connectivity index (χ3n) is 3.35. The zero-order valence-corrected chi connectivity index (χ0v) is 13.6. The fourth-order valence-electron chi connectivity index (χ4n) is 2.32. The molecule has 1 rings (SSSR count). The molecule has 0 aliphatic carbocycles. The minimum Gasteiger partial charge on any atom is -0.467 e. The van der Waals surface area contributed by atoms with Crippen molar-refractivity contribution in [3.05, 3.63) is 35.9 Å². The van der Waals surface area contributed by atoms with Crippen LogP contribution in [-0.2, 0) is 15.1 Å². The van der Waals surface area contributed by atoms with Crippen molar-refractivity contribution in [2.75, 3.05) is 31.8 Å². The minimum atomic E-state index is -0.795. The van der Waals surface area contributed by atoms with E-state index < -0.39 is 5.54 Å². The third kappa shape index (κ3) is 5.02. The zero-order chi connectivity index (χ0) is 15.6. The maximum atomic E-state index is 12.4. The molecule has 0 fully saturated rings. The highest BCUT2D eigenvalue weighted by atomic mass is 32.2. The predicted octanol–water partition coefficient (Wildman–Crippen LogP) is 2.17. The largest absolute Gasteiger partial charge is 0.467 e. The fourth-order valence-corrected chi connectivity index (χ4v) is 3.31. The molecule has 1 atom stereocenters. The summed E-state index contributed by atoms with van der Waals surface area (Å²) in [7, 11) is 1.43. The van der Waals surface area contributed by atoms with E-state index in [0.29, 0.717) is 13.0 Å². The molecule has 0 aromatic heterocycles. The molecule has 0 bridgehead atoms. The van der Waals surface area contributed by atoms with Crippen LogP contribution < -0.4 is 5.32 Å². The number of benzene rings is 1. The van der Waals surface area contributed by atoms with Crippen LogP contribution in [0.15, 0.2) is 30.3 Å². The Morgan fingerprint density at radius 2 is 2.05 bits per heavy atom. The molecule has 0 saturated carbocycles. The minimum absolute atomic E-state index is 0.209. The van der Waals surface area contributed by atoms with Gasteiger partial charge in [0.25, 0.3) is 0 Å². The van der Waals surface area contributed by atoms with E-state index in [0.717, 1.165) is 23.5 Å². The molecule has 5 heteroatoms. The average molecular weight is 311 g/mol. The molecule has 2 N–H and O–H groups in total. The Bertz CT molecular complexity index is 413. The van der Waals surface area contributed by atoms with Crippen molar-refractivity contribution in [3.8, 4) is 0 Å². The number of methoxy groups -OCH3 is 1. The topological polar surface area (TPSA) is 58.6 Å². The van der Waals surface area contributed by atoms with Gasteiger partial charge in [-0.1, -0.05) is 37.3 Å². The highest BCUT2D eigenvalue weighted by Gasteiger charge is 2.40. The summed E-state index contributed by atoms with van der Waals surface area (Å²) < 4.78 is 5.05. The lowest BCUT2D eigenvalue weighted by molar-refractivity contribution is -0.149. The van der Waals surface area contributed by atoms with Gasteiger partial charge in [0.05, 0.1) is 7.11 Å². The van der Waals surface area contributed by atoms with Gasteiger partial charge in [0.15, 0.2) is 0 Å². The van der Waals surface area contributed by atoms with Crippen LogP contribution in [0.3, 0.4) is 0 Å². The van der Waals surface area contributed by atoms with Crippen molar-refractivity contribution < 1.29 is 14.6 Å². The first kappa shape index (κ1) is 18.0. The molecule has 0 aliphatic heterocycles. The van der Waals surface area contributed by atoms with Crippen molar-refractivity contribution in [2.24, 2.45) is 0 Å². The van der Waals surface area contributed by atoms with Gasteiger partial charge < -0.3 is 9.84 Å². The molecule has 0 spiro atoms. The maximum absolute atomic E-state index is 12.4. The first-order valence-corrected chi connectivity index (χ1v) is 8.44. The number of thioether (sulfide) groups is 1. The van der Waals surface area contributed by atoms with Crippen molar-refractivity contribution in [3.63, 3.8) is 0 Å². The van der Waals surface area contributed by atoms with Gasteiger partial charge in [-0.3, -0.25) is 5.32 Å². The maximum Gasteiger partial charge on any atom is 0.330 e. The summed E-state index contributed by atoms with van der Waals surface area (Å²) in [6, 6.07) is 9.72. The van der Waals surface area contributed by atoms with Gasteiger partial charge in [-0.25, -0.2) is 4.79 Å². The molecule has 1 unspecified atom stereocenters. The molecule has 0 amide bonds. The lowest BCUT2D eigenvalue weighted by Gasteiger charge is -2.32. The Morgan fingerprint density at radius 3 is 2.62 bits per heavy atom. The van der Waals surface area contributed by atoms with E-state index in [9.17, 15) is 4.79 Å². The van der Waals surface area contributed by atoms with Crippen LogP contribution in [0.25, 0.3) is 0 Å². The van der Waals surface area contributed by atoms with Crippen molar-refractivity contribution in [1.82, 2.24) is 5.32 Å². The summed E-state index contributed by atoms with van der Waals surface area (Å²) in [4.78, 5) is 12.4. The van der Waals surface area contributed by atoms with Gasteiger partial charge in [-0.15, -0.1) is 0 Å². The summed E-state index contributed by atoms with van der Waals surface area (Å²) in [5.41, 5.74) is 0.137. The Hall–Kier alpha value is -1.04. The summed E-state index contributed by atoms with van der Waals surface area (Å²) in [6.07, 6.45) is 1.44. The predicted molar refractivity (Wildman–Crippen MR) is 87.5 cm³/mol. The highest BCUT2D eigenvalue weighted by molar-refractivity contribution is 7.99. The third-order valence-corrected chi connectivity index (χ3v) is 4.42. The Balaban J connectivity index is 2.89. The molecule has 1 aromatic rings. The smallest absolute Gasteiger partial charge is 0.330 e. The van der Waals surface area contributed by atoms with Gasteiger partial charge in [0.1, 0.15) is 5.54 Å². The van der Waals surface area contributed by atoms with Crippen LogP contribution >= 0.6 is 11.8 Å². The van der Waals surface area contributed by atoms with Crippen LogP contribution in [0.1, 0.15) is 25.3 Å². The second-order valence-corrected chi connectivity index (χ2v) is 5.96. The number of carbonyl (C=O) groups excluding carboxylic acids is 1. The van der Waals surface area contributed by atoms with Gasteiger partial charge >= 0.3 is 5.97 Å². The number of esters is 1. The van der Waals surface area contributed by atoms with Crippen LogP contribution in [0.4, 0.5) is 0 Å². The number of aliphatic hydroxyl groups excluding tert-OH is 1. The number of rotatable bonds is 10. The van der Waals surface area contributed by atoms with Crippen LogP contribution in [0.5, 0.6) is 0 Å². The van der Waals surface area contributed by atoms with Crippen LogP contribution in [-0.4, -0.2) is 42.8 Å². The standard InChI is InChI=1S/C16H25NO3S/c1-3-17-16(15(19)20-2,10-13-21-12-7-11-18)14-8-5-4-6-9-14/h4-6,8-9,17-18H,3,7,10-13H2,1-2H3. The summed E-state index contributed by atoms with van der Waals surface area (Å²) in [5.74, 6) is 1.48. The van der Waals surface area contributed by atoms with Crippen molar-refractivity contribution in [2.45, 2.75) is 25.3 Å². The molecule has 0 heterocycles. The molecule has 21 heavy (non-hydrogen) atoms. The lowest BCUT2D eigenvalue weighted by atomic mass is 9.87. The number of likely N-dealkylation sites (N-methyl/N-ethyl adjacent to an activating group) is 1. The van der Waals surface area contributed by atoms with E-state index in [4.69, 9.17) is 9.84 Å². The summed E-state index contributed by atoms with van der Waals surface area (Å²) in [5, 5.41) is 12.1. The van der Waals surface area contributed by atoms with Crippen LogP contribution in [0, 0.1) is 0 Å². The normalized spacial score (nSPS) is 13.7. The van der Waals surface area contributed by atoms with E-state index in [1.807, 2.05) is 37.3 Å². The van der Waals surface area contributed by atoms with E-state index in [1.165, 1.54) is 7.11 Å². The van der Waals surface area contributed by atoms with Crippen molar-refractivity contribution in [1.29, 1.82) is 0 Å². The van der Waals surface area contributed by atoms with E-state index >= 15 is 0 Å². The average Bonchev–Trinajstić information content (AvgIpc) is 2.53. The van der Waals surface area contributed by atoms with Gasteiger partial charge in [-0.2, -0.15) is 11.8 Å². The Kier molecular flexibility index (Phi) is 8.42. The number of aliphatic hydroxyl groups is 1. The highest BCUT2D eigenvalue weighted by Crippen LogP contribution is 2.28. The summed E-state index contributed by atoms with van der Waals surface area (Å²) in [6.45, 7) is 2.88. The number of carbonyl (C=O) groups is 1. The van der Waals surface area contributed by atoms with Crippen molar-refractivity contribution >= 4 is 17.7 Å². The summed E-state index contributed by atoms with van der Waals surface area (Å²) >= 11 is 1.75. The van der Waals surface area contributed by atoms with Gasteiger partial charge in [0, 0.05) is 6.61 Å². The second kappa shape index (κ2) is 9.82.